The molecule has 3 atom stereocenters. The second kappa shape index (κ2) is 14.4. The van der Waals surface area contributed by atoms with Gasteiger partial charge in [0, 0.05) is 12.1 Å². The first-order chi connectivity index (χ1) is 23.5. The molecule has 6 rings (SSSR count). The van der Waals surface area contributed by atoms with Crippen molar-refractivity contribution >= 4 is 23.0 Å². The van der Waals surface area contributed by atoms with Crippen molar-refractivity contribution < 1.29 is 23.6 Å². The van der Waals surface area contributed by atoms with Crippen LogP contribution < -0.4 is 9.30 Å². The van der Waals surface area contributed by atoms with Crippen LogP contribution >= 0.6 is 0 Å². The Morgan fingerprint density at radius 3 is 2.43 bits per heavy atom. The monoisotopic (exact) mass is 660 g/mol. The lowest BCUT2D eigenvalue weighted by Gasteiger charge is -2.36. The summed E-state index contributed by atoms with van der Waals surface area (Å²) in [5, 5.41) is 8.18. The highest BCUT2D eigenvalue weighted by Crippen LogP contribution is 2.39. The molecule has 0 amide bonds. The van der Waals surface area contributed by atoms with Crippen molar-refractivity contribution in [2.75, 3.05) is 13.1 Å². The summed E-state index contributed by atoms with van der Waals surface area (Å²) >= 11 is 0. The number of nitrogens with zero attached hydrogens (tertiary/aromatic N) is 5. The Kier molecular flexibility index (Phi) is 9.98. The highest BCUT2D eigenvalue weighted by atomic mass is 16.5. The van der Waals surface area contributed by atoms with Crippen LogP contribution in [-0.4, -0.2) is 40.6 Å². The van der Waals surface area contributed by atoms with Crippen molar-refractivity contribution in [2.45, 2.75) is 71.8 Å². The molecule has 1 aliphatic heterocycles. The number of benzene rings is 3. The van der Waals surface area contributed by atoms with Gasteiger partial charge in [-0.3, -0.25) is 9.69 Å². The van der Waals surface area contributed by atoms with Crippen LogP contribution in [0, 0.1) is 30.1 Å². The highest BCUT2D eigenvalue weighted by Gasteiger charge is 2.36. The van der Waals surface area contributed by atoms with Gasteiger partial charge < -0.3 is 9.47 Å². The summed E-state index contributed by atoms with van der Waals surface area (Å²) in [5.41, 5.74) is 4.46. The van der Waals surface area contributed by atoms with E-state index in [1.165, 1.54) is 6.42 Å². The third-order valence-electron chi connectivity index (χ3n) is 9.96. The minimum absolute atomic E-state index is 0.0405. The third kappa shape index (κ3) is 7.76. The van der Waals surface area contributed by atoms with Crippen molar-refractivity contribution in [1.82, 2.24) is 9.47 Å². The van der Waals surface area contributed by atoms with Crippen LogP contribution in [0.2, 0.25) is 0 Å². The quantitative estimate of drug-likeness (QED) is 0.0721. The number of hydrogen-bond acceptors (Lipinski definition) is 7. The maximum atomic E-state index is 13.5. The minimum Gasteiger partial charge on any atom is -0.459 e. The lowest BCUT2D eigenvalue weighted by molar-refractivity contribution is -0.634. The lowest BCUT2D eigenvalue weighted by Crippen LogP contribution is -2.37. The first kappa shape index (κ1) is 34.1. The van der Waals surface area contributed by atoms with Crippen molar-refractivity contribution in [2.24, 2.45) is 35.0 Å². The van der Waals surface area contributed by atoms with Gasteiger partial charge in [-0.1, -0.05) is 69.5 Å². The molecule has 0 spiro atoms. The third-order valence-corrected chi connectivity index (χ3v) is 9.96. The van der Waals surface area contributed by atoms with Gasteiger partial charge in [-0.15, -0.1) is 6.42 Å². The van der Waals surface area contributed by atoms with Crippen LogP contribution in [0.4, 0.5) is 0 Å². The fourth-order valence-corrected chi connectivity index (χ4v) is 7.17. The Morgan fingerprint density at radius 2 is 1.76 bits per heavy atom. The number of esters is 2. The van der Waals surface area contributed by atoms with Crippen LogP contribution in [0.3, 0.4) is 0 Å². The molecule has 0 bridgehead atoms. The molecule has 254 valence electrons. The zero-order valence-corrected chi connectivity index (χ0v) is 29.1. The van der Waals surface area contributed by atoms with E-state index < -0.39 is 11.6 Å². The number of hydrogen-bond donors (Lipinski definition) is 0. The molecule has 1 aliphatic carbocycles. The van der Waals surface area contributed by atoms with Gasteiger partial charge in [0.05, 0.1) is 25.7 Å². The number of imidazole rings is 1. The molecular weight excluding hydrogens is 614 g/mol. The van der Waals surface area contributed by atoms with E-state index in [2.05, 4.69) is 41.5 Å². The zero-order valence-electron chi connectivity index (χ0n) is 29.1. The molecule has 1 fully saturated rings. The number of carbonyl (C=O) groups is 2. The van der Waals surface area contributed by atoms with Crippen LogP contribution in [0.1, 0.15) is 58.1 Å². The molecule has 1 unspecified atom stereocenters. The smallest absolute Gasteiger partial charge is 0.348 e. The maximum Gasteiger partial charge on any atom is 0.348 e. The van der Waals surface area contributed by atoms with Crippen LogP contribution in [-0.2, 0) is 40.1 Å². The summed E-state index contributed by atoms with van der Waals surface area (Å²) in [5.74, 6) is 4.69. The molecule has 0 radical (unpaired) electrons. The summed E-state index contributed by atoms with van der Waals surface area (Å²) in [6.07, 6.45) is 8.73. The number of terminal acetylenes is 1. The standard InChI is InChI=1S/C40H46N5O4/c1-7-22-44(24-29-13-17-31(18-14-29)40(5)41-42-40)25-37(46)48-32-19-15-30(16-20-32)39-43(6)34-10-8-9-11-35(34)45(39)26-38(47)49-36-23-28(4)12-21-33(36)27(2)3/h1,8-11,13-20,27-28,33,36H,12,21-26H2,2-6H3/q+1/t28-,33+,36?/m1/s1. The molecule has 1 aromatic heterocycles. The number of ether oxygens (including phenoxy) is 2. The van der Waals surface area contributed by atoms with Crippen molar-refractivity contribution in [3.05, 3.63) is 83.9 Å². The average Bonchev–Trinajstić information content (AvgIpc) is 3.77. The fourth-order valence-electron chi connectivity index (χ4n) is 7.17. The molecule has 2 heterocycles. The lowest BCUT2D eigenvalue weighted by atomic mass is 9.75. The summed E-state index contributed by atoms with van der Waals surface area (Å²) in [6, 6.07) is 23.5. The summed E-state index contributed by atoms with van der Waals surface area (Å²) in [7, 11) is 2.00. The summed E-state index contributed by atoms with van der Waals surface area (Å²) in [4.78, 5) is 28.4. The number of fused-ring (bicyclic) bond motifs is 1. The second-order valence-electron chi connectivity index (χ2n) is 14.1. The average molecular weight is 661 g/mol. The fraction of sp³-hybridized carbons (Fsp3) is 0.425. The van der Waals surface area contributed by atoms with Crippen molar-refractivity contribution in [3.63, 3.8) is 0 Å². The van der Waals surface area contributed by atoms with E-state index in [0.717, 1.165) is 46.4 Å². The van der Waals surface area contributed by atoms with Crippen LogP contribution in [0.25, 0.3) is 22.4 Å². The van der Waals surface area contributed by atoms with E-state index >= 15 is 0 Å². The highest BCUT2D eigenvalue weighted by molar-refractivity contribution is 5.80. The van der Waals surface area contributed by atoms with Crippen molar-refractivity contribution in [1.29, 1.82) is 0 Å². The van der Waals surface area contributed by atoms with Gasteiger partial charge >= 0.3 is 11.9 Å². The van der Waals surface area contributed by atoms with Gasteiger partial charge in [0.2, 0.25) is 5.66 Å². The van der Waals surface area contributed by atoms with Gasteiger partial charge in [0.1, 0.15) is 11.9 Å². The molecule has 0 N–H and O–H groups in total. The zero-order chi connectivity index (χ0) is 34.7. The number of aromatic nitrogens is 2. The predicted molar refractivity (Wildman–Crippen MR) is 188 cm³/mol. The Morgan fingerprint density at radius 1 is 1.04 bits per heavy atom. The van der Waals surface area contributed by atoms with Gasteiger partial charge in [-0.25, -0.2) is 13.9 Å². The number of carbonyl (C=O) groups excluding carboxylic acids is 2. The molecule has 3 aromatic carbocycles. The molecule has 4 aromatic rings. The summed E-state index contributed by atoms with van der Waals surface area (Å²) < 4.78 is 16.1. The largest absolute Gasteiger partial charge is 0.459 e. The Bertz CT molecular complexity index is 1880. The second-order valence-corrected chi connectivity index (χ2v) is 14.1. The van der Waals surface area contributed by atoms with E-state index in [0.29, 0.717) is 36.6 Å². The maximum absolute atomic E-state index is 13.5. The number of para-hydroxylation sites is 2. The molecule has 1 saturated carbocycles. The first-order valence-corrected chi connectivity index (χ1v) is 17.2. The molecular formula is C40H46N5O4+. The SMILES string of the molecule is C#CCN(CC(=O)Oc1ccc(-c2n(CC(=O)OC3C[C@H](C)CC[C@H]3C(C)C)c3ccccc3[n+]2C)cc1)Cc1ccc(C2(C)N=N2)cc1. The first-order valence-electron chi connectivity index (χ1n) is 17.2. The number of rotatable bonds is 12. The molecule has 2 aliphatic rings. The predicted octanol–water partition coefficient (Wildman–Crippen LogP) is 6.82. The normalized spacial score (nSPS) is 19.6. The van der Waals surface area contributed by atoms with E-state index in [4.69, 9.17) is 15.9 Å². The minimum atomic E-state index is -0.430. The van der Waals surface area contributed by atoms with Gasteiger partial charge in [0.25, 0.3) is 5.82 Å². The van der Waals surface area contributed by atoms with Gasteiger partial charge in [0.15, 0.2) is 17.6 Å². The van der Waals surface area contributed by atoms with Gasteiger partial charge in [-0.05, 0) is 79.5 Å². The van der Waals surface area contributed by atoms with E-state index in [1.807, 2.05) is 84.1 Å². The van der Waals surface area contributed by atoms with E-state index in [-0.39, 0.29) is 25.2 Å². The van der Waals surface area contributed by atoms with E-state index in [1.54, 1.807) is 12.1 Å². The molecule has 49 heavy (non-hydrogen) atoms. The Balaban J connectivity index is 1.14. The topological polar surface area (TPSA) is 89.4 Å². The van der Waals surface area contributed by atoms with Gasteiger partial charge in [-0.2, -0.15) is 10.2 Å². The van der Waals surface area contributed by atoms with Crippen LogP contribution in [0.15, 0.2) is 83.0 Å². The molecule has 9 nitrogen and oxygen atoms in total. The summed E-state index contributed by atoms with van der Waals surface area (Å²) in [6.45, 7) is 9.59. The molecule has 0 saturated heterocycles. The van der Waals surface area contributed by atoms with Crippen molar-refractivity contribution in [3.8, 4) is 29.5 Å². The Labute approximate surface area is 288 Å². The molecule has 9 heteroatoms. The Hall–Kier alpha value is -4.81. The number of aryl methyl sites for hydroxylation is 1. The van der Waals surface area contributed by atoms with E-state index in [9.17, 15) is 9.59 Å². The van der Waals surface area contributed by atoms with Crippen LogP contribution in [0.5, 0.6) is 5.75 Å².